The zero-order valence-corrected chi connectivity index (χ0v) is 12.1. The fourth-order valence-electron chi connectivity index (χ4n) is 1.98. The van der Waals surface area contributed by atoms with Crippen molar-refractivity contribution >= 4 is 10.1 Å². The van der Waals surface area contributed by atoms with Crippen molar-refractivity contribution in [2.75, 3.05) is 12.3 Å². The third-order valence-corrected chi connectivity index (χ3v) is 3.68. The van der Waals surface area contributed by atoms with Crippen LogP contribution in [0.5, 0.6) is 0 Å². The maximum Gasteiger partial charge on any atom is 0.264 e. The molecule has 0 atom stereocenters. The first-order chi connectivity index (χ1) is 9.28. The summed E-state index contributed by atoms with van der Waals surface area (Å²) in [5, 5.41) is 17.7. The molecule has 0 spiro atoms. The molecule has 0 radical (unpaired) electrons. The van der Waals surface area contributed by atoms with Gasteiger partial charge in [0.05, 0.1) is 5.75 Å². The van der Waals surface area contributed by atoms with E-state index in [2.05, 4.69) is 0 Å². The Kier molecular flexibility index (Phi) is 5.09. The van der Waals surface area contributed by atoms with E-state index in [0.717, 1.165) is 11.4 Å². The van der Waals surface area contributed by atoms with E-state index >= 15 is 0 Å². The minimum atomic E-state index is -3.95. The molecule has 0 aromatic rings. The molecule has 0 aromatic heterocycles. The van der Waals surface area contributed by atoms with Gasteiger partial charge in [0.1, 0.15) is 17.7 Å². The first kappa shape index (κ1) is 16.0. The molecule has 0 aromatic carbocycles. The van der Waals surface area contributed by atoms with Crippen molar-refractivity contribution < 1.29 is 13.0 Å². The monoisotopic (exact) mass is 293 g/mol. The van der Waals surface area contributed by atoms with Crippen LogP contribution in [0.1, 0.15) is 20.3 Å². The number of rotatable bonds is 4. The summed E-state index contributed by atoms with van der Waals surface area (Å²) in [7, 11) is -3.95. The van der Waals surface area contributed by atoms with Crippen LogP contribution in [0.3, 0.4) is 0 Å². The molecule has 1 aliphatic rings. The van der Waals surface area contributed by atoms with Crippen molar-refractivity contribution in [2.45, 2.75) is 20.3 Å². The third-order valence-electron chi connectivity index (χ3n) is 2.88. The van der Waals surface area contributed by atoms with Crippen molar-refractivity contribution in [3.63, 3.8) is 0 Å². The van der Waals surface area contributed by atoms with Crippen LogP contribution in [0.25, 0.3) is 0 Å². The standard InChI is InChI=1S/C13H15N3O3S/c1-10-6-12(13(8-14)9-15)7-11(2)16(10)4-3-5-20(17,18)19/h6-7H,3-5H2,1-2H3,(H,17,18,19). The van der Waals surface area contributed by atoms with E-state index in [1.807, 2.05) is 30.9 Å². The molecule has 6 nitrogen and oxygen atoms in total. The largest absolute Gasteiger partial charge is 0.349 e. The van der Waals surface area contributed by atoms with E-state index in [0.29, 0.717) is 12.1 Å². The number of nitrogens with zero attached hydrogens (tertiary/aromatic N) is 3. The Hall–Kier alpha value is -2.09. The molecule has 0 unspecified atom stereocenters. The zero-order valence-electron chi connectivity index (χ0n) is 11.3. The summed E-state index contributed by atoms with van der Waals surface area (Å²) >= 11 is 0. The summed E-state index contributed by atoms with van der Waals surface area (Å²) in [5.41, 5.74) is 2.23. The lowest BCUT2D eigenvalue weighted by Gasteiger charge is -2.29. The molecule has 0 fully saturated rings. The number of hydrogen-bond donors (Lipinski definition) is 1. The highest BCUT2D eigenvalue weighted by atomic mass is 32.2. The van der Waals surface area contributed by atoms with Crippen LogP contribution in [-0.4, -0.2) is 30.2 Å². The molecular weight excluding hydrogens is 278 g/mol. The topological polar surface area (TPSA) is 105 Å². The summed E-state index contributed by atoms with van der Waals surface area (Å²) in [4.78, 5) is 1.88. The molecule has 1 heterocycles. The average Bonchev–Trinajstić information content (AvgIpc) is 2.33. The van der Waals surface area contributed by atoms with Crippen LogP contribution >= 0.6 is 0 Å². The van der Waals surface area contributed by atoms with Crippen molar-refractivity contribution in [2.24, 2.45) is 0 Å². The number of allylic oxidation sites excluding steroid dienone is 6. The minimum Gasteiger partial charge on any atom is -0.349 e. The Morgan fingerprint density at radius 1 is 1.25 bits per heavy atom. The molecule has 0 saturated heterocycles. The summed E-state index contributed by atoms with van der Waals surface area (Å²) < 4.78 is 30.1. The lowest BCUT2D eigenvalue weighted by atomic mass is 10.0. The SMILES string of the molecule is CC1=CC(=C(C#N)C#N)C=C(C)N1CCCS(=O)(=O)O. The van der Waals surface area contributed by atoms with Crippen LogP contribution in [-0.2, 0) is 10.1 Å². The predicted octanol–water partition coefficient (Wildman–Crippen LogP) is 1.73. The maximum atomic E-state index is 10.7. The van der Waals surface area contributed by atoms with Gasteiger partial charge in [-0.3, -0.25) is 4.55 Å². The van der Waals surface area contributed by atoms with E-state index < -0.39 is 10.1 Å². The van der Waals surface area contributed by atoms with E-state index in [9.17, 15) is 8.42 Å². The van der Waals surface area contributed by atoms with Gasteiger partial charge in [-0.05, 0) is 32.4 Å². The van der Waals surface area contributed by atoms with Crippen LogP contribution < -0.4 is 0 Å². The molecule has 106 valence electrons. The highest BCUT2D eigenvalue weighted by molar-refractivity contribution is 7.85. The van der Waals surface area contributed by atoms with Gasteiger partial charge in [-0.2, -0.15) is 18.9 Å². The van der Waals surface area contributed by atoms with Gasteiger partial charge >= 0.3 is 0 Å². The molecule has 1 N–H and O–H groups in total. The van der Waals surface area contributed by atoms with E-state index in [4.69, 9.17) is 15.1 Å². The van der Waals surface area contributed by atoms with Crippen LogP contribution in [0.15, 0.2) is 34.7 Å². The van der Waals surface area contributed by atoms with Gasteiger partial charge in [-0.15, -0.1) is 0 Å². The molecule has 0 saturated carbocycles. The van der Waals surface area contributed by atoms with Gasteiger partial charge in [0, 0.05) is 23.5 Å². The number of nitriles is 2. The molecule has 0 amide bonds. The second kappa shape index (κ2) is 6.38. The van der Waals surface area contributed by atoms with Crippen molar-refractivity contribution in [1.82, 2.24) is 4.90 Å². The van der Waals surface area contributed by atoms with Gasteiger partial charge in [0.15, 0.2) is 0 Å². The Bertz CT molecular complexity index is 635. The minimum absolute atomic E-state index is 0.0429. The summed E-state index contributed by atoms with van der Waals surface area (Å²) in [6.45, 7) is 4.07. The fourth-order valence-corrected chi connectivity index (χ4v) is 2.48. The average molecular weight is 293 g/mol. The van der Waals surface area contributed by atoms with Crippen molar-refractivity contribution in [3.05, 3.63) is 34.7 Å². The quantitative estimate of drug-likeness (QED) is 0.625. The summed E-state index contributed by atoms with van der Waals surface area (Å²) in [5.74, 6) is -0.297. The second-order valence-corrected chi connectivity index (χ2v) is 5.99. The summed E-state index contributed by atoms with van der Waals surface area (Å²) in [6, 6.07) is 3.68. The Balaban J connectivity index is 2.89. The van der Waals surface area contributed by atoms with Gasteiger partial charge in [0.2, 0.25) is 0 Å². The van der Waals surface area contributed by atoms with E-state index in [-0.39, 0.29) is 17.7 Å². The van der Waals surface area contributed by atoms with Gasteiger partial charge in [-0.1, -0.05) is 0 Å². The normalized spacial score (nSPS) is 15.1. The molecular formula is C13H15N3O3S. The first-order valence-electron chi connectivity index (χ1n) is 5.92. The smallest absolute Gasteiger partial charge is 0.264 e. The van der Waals surface area contributed by atoms with Crippen molar-refractivity contribution in [3.8, 4) is 12.1 Å². The molecule has 20 heavy (non-hydrogen) atoms. The molecule has 0 aliphatic carbocycles. The Labute approximate surface area is 118 Å². The lowest BCUT2D eigenvalue weighted by Crippen LogP contribution is -2.25. The molecule has 7 heteroatoms. The summed E-state index contributed by atoms with van der Waals surface area (Å²) in [6.07, 6.45) is 3.71. The van der Waals surface area contributed by atoms with Gasteiger partial charge in [0.25, 0.3) is 10.1 Å². The number of hydrogen-bond acceptors (Lipinski definition) is 5. The molecule has 1 aliphatic heterocycles. The molecule has 1 rings (SSSR count). The first-order valence-corrected chi connectivity index (χ1v) is 7.53. The fraction of sp³-hybridized carbons (Fsp3) is 0.385. The molecule has 0 bridgehead atoms. The second-order valence-electron chi connectivity index (χ2n) is 4.42. The highest BCUT2D eigenvalue weighted by Crippen LogP contribution is 2.24. The Morgan fingerprint density at radius 2 is 1.75 bits per heavy atom. The van der Waals surface area contributed by atoms with Gasteiger partial charge in [-0.25, -0.2) is 0 Å². The van der Waals surface area contributed by atoms with Gasteiger partial charge < -0.3 is 4.90 Å². The van der Waals surface area contributed by atoms with E-state index in [1.54, 1.807) is 12.2 Å². The van der Waals surface area contributed by atoms with E-state index in [1.165, 1.54) is 0 Å². The zero-order chi connectivity index (χ0) is 15.3. The van der Waals surface area contributed by atoms with Crippen LogP contribution in [0, 0.1) is 22.7 Å². The Morgan fingerprint density at radius 3 is 2.15 bits per heavy atom. The van der Waals surface area contributed by atoms with Crippen LogP contribution in [0.2, 0.25) is 0 Å². The maximum absolute atomic E-state index is 10.7. The highest BCUT2D eigenvalue weighted by Gasteiger charge is 2.16. The lowest BCUT2D eigenvalue weighted by molar-refractivity contribution is 0.416. The van der Waals surface area contributed by atoms with Crippen LogP contribution in [0.4, 0.5) is 0 Å². The third kappa shape index (κ3) is 4.23. The van der Waals surface area contributed by atoms with Crippen molar-refractivity contribution in [1.29, 1.82) is 10.5 Å². The predicted molar refractivity (Wildman–Crippen MR) is 73.5 cm³/mol.